The summed E-state index contributed by atoms with van der Waals surface area (Å²) in [5.74, 6) is 0. The molecule has 0 fully saturated rings. The van der Waals surface area contributed by atoms with E-state index >= 15 is 0 Å². The molecular weight excluding hydrogens is 415 g/mol. The van der Waals surface area contributed by atoms with Crippen LogP contribution in [-0.2, 0) is 4.79 Å². The van der Waals surface area contributed by atoms with E-state index in [1.807, 2.05) is 81.4 Å². The van der Waals surface area contributed by atoms with E-state index in [4.69, 9.17) is 12.3 Å². The van der Waals surface area contributed by atoms with E-state index in [-0.39, 0.29) is 18.5 Å². The van der Waals surface area contributed by atoms with E-state index in [1.54, 1.807) is 0 Å². The first-order valence-electron chi connectivity index (χ1n) is 10.6. The number of nitrogens with two attached hydrogens (primary N) is 1. The third kappa shape index (κ3) is 15.2. The summed E-state index contributed by atoms with van der Waals surface area (Å²) in [7, 11) is 0. The van der Waals surface area contributed by atoms with Crippen molar-refractivity contribution in [1.82, 2.24) is 5.32 Å². The van der Waals surface area contributed by atoms with Crippen LogP contribution < -0.4 is 11.1 Å². The minimum Gasteiger partial charge on any atom is -0.324 e. The Morgan fingerprint density at radius 3 is 1.84 bits per heavy atom. The molecule has 0 spiro atoms. The van der Waals surface area contributed by atoms with Gasteiger partial charge in [-0.25, -0.2) is 11.9 Å². The van der Waals surface area contributed by atoms with Crippen LogP contribution in [0.1, 0.15) is 69.7 Å². The lowest BCUT2D eigenvalue weighted by Crippen LogP contribution is -2.30. The van der Waals surface area contributed by atoms with Gasteiger partial charge in [0.25, 0.3) is 6.17 Å². The molecule has 0 aliphatic rings. The minimum atomic E-state index is -4.21. The summed E-state index contributed by atoms with van der Waals surface area (Å²) >= 11 is 0. The molecule has 0 amide bonds. The topological polar surface area (TPSA) is 59.5 Å². The van der Waals surface area contributed by atoms with E-state index in [0.717, 1.165) is 18.3 Å². The number of carbonyl (C=O) groups excluding carboxylic acids is 1. The summed E-state index contributed by atoms with van der Waals surface area (Å²) in [4.78, 5) is 12.6. The molecule has 32 heavy (non-hydrogen) atoms. The Morgan fingerprint density at radius 2 is 1.53 bits per heavy atom. The summed E-state index contributed by atoms with van der Waals surface area (Å²) in [6.07, 6.45) is -3.55. The highest BCUT2D eigenvalue weighted by molar-refractivity contribution is 5.48. The van der Waals surface area contributed by atoms with Gasteiger partial charge in [-0.15, -0.1) is 0 Å². The smallest absolute Gasteiger partial charge is 0.324 e. The van der Waals surface area contributed by atoms with Gasteiger partial charge in [0, 0.05) is 24.9 Å². The predicted molar refractivity (Wildman–Crippen MR) is 124 cm³/mol. The molecule has 2 rings (SSSR count). The van der Waals surface area contributed by atoms with E-state index in [0.29, 0.717) is 6.42 Å². The van der Waals surface area contributed by atoms with Crippen molar-refractivity contribution in [2.24, 2.45) is 5.73 Å². The van der Waals surface area contributed by atoms with Crippen molar-refractivity contribution in [2.75, 3.05) is 0 Å². The number of carbonyl (C=O) groups is 1. The SMILES string of the molecule is CCCC=O.C[C@@H](N)c1ccccc1.[C-]#[N+]C(CCC(F)(F)F)N[C@H](C)c1ccccc1. The molecule has 4 nitrogen and oxygen atoms in total. The summed E-state index contributed by atoms with van der Waals surface area (Å²) in [6, 6.07) is 19.4. The quantitative estimate of drug-likeness (QED) is 0.352. The van der Waals surface area contributed by atoms with Gasteiger partial charge >= 0.3 is 6.18 Å². The van der Waals surface area contributed by atoms with Crippen LogP contribution in [0.15, 0.2) is 60.7 Å². The highest BCUT2D eigenvalue weighted by Gasteiger charge is 2.30. The average Bonchev–Trinajstić information content (AvgIpc) is 2.78. The van der Waals surface area contributed by atoms with E-state index in [9.17, 15) is 18.0 Å². The largest absolute Gasteiger partial charge is 0.389 e. The lowest BCUT2D eigenvalue weighted by Gasteiger charge is -2.16. The summed E-state index contributed by atoms with van der Waals surface area (Å²) in [5.41, 5.74) is 7.76. The van der Waals surface area contributed by atoms with Gasteiger partial charge in [0.15, 0.2) is 0 Å². The minimum absolute atomic E-state index is 0.140. The second kappa shape index (κ2) is 16.9. The van der Waals surface area contributed by atoms with Crippen molar-refractivity contribution in [3.05, 3.63) is 83.2 Å². The molecule has 0 aromatic heterocycles. The van der Waals surface area contributed by atoms with Crippen LogP contribution >= 0.6 is 0 Å². The van der Waals surface area contributed by atoms with Gasteiger partial charge in [-0.2, -0.15) is 13.2 Å². The standard InChI is InChI=1S/C13H15F3N2.C8H11N.C4H8O/c1-10(11-6-4-3-5-7-11)18-12(17-2)8-9-13(14,15)16;1-7(9)8-5-3-2-4-6-8;1-2-3-4-5/h3-7,10,12,18H,8-9H2,1H3;2-7H,9H2,1H3;4H,2-3H2,1H3/t10-,12?;7-;/m11./s1. The second-order valence-corrected chi connectivity index (χ2v) is 7.25. The molecule has 2 aromatic rings. The Kier molecular flexibility index (Phi) is 15.5. The van der Waals surface area contributed by atoms with Gasteiger partial charge in [0.2, 0.25) is 0 Å². The number of rotatable bonds is 8. The Labute approximate surface area is 189 Å². The second-order valence-electron chi connectivity index (χ2n) is 7.25. The fourth-order valence-corrected chi connectivity index (χ4v) is 2.49. The highest BCUT2D eigenvalue weighted by Crippen LogP contribution is 2.23. The zero-order valence-corrected chi connectivity index (χ0v) is 19.0. The number of halogens is 3. The van der Waals surface area contributed by atoms with E-state index in [1.165, 1.54) is 5.56 Å². The van der Waals surface area contributed by atoms with Crippen molar-refractivity contribution in [1.29, 1.82) is 0 Å². The Morgan fingerprint density at radius 1 is 1.03 bits per heavy atom. The monoisotopic (exact) mass is 449 g/mol. The molecule has 0 bridgehead atoms. The van der Waals surface area contributed by atoms with Gasteiger partial charge in [-0.05, 0) is 31.4 Å². The fourth-order valence-electron chi connectivity index (χ4n) is 2.49. The Balaban J connectivity index is 0.000000566. The highest BCUT2D eigenvalue weighted by atomic mass is 19.4. The van der Waals surface area contributed by atoms with Gasteiger partial charge < -0.3 is 10.5 Å². The van der Waals surface area contributed by atoms with Crippen molar-refractivity contribution >= 4 is 6.29 Å². The predicted octanol–water partition coefficient (Wildman–Crippen LogP) is 6.62. The van der Waals surface area contributed by atoms with Crippen LogP contribution in [0.25, 0.3) is 4.85 Å². The van der Waals surface area contributed by atoms with Crippen molar-refractivity contribution in [3.8, 4) is 0 Å². The number of nitrogens with one attached hydrogen (secondary N) is 1. The molecule has 2 aromatic carbocycles. The maximum Gasteiger partial charge on any atom is 0.389 e. The Bertz CT molecular complexity index is 759. The molecule has 176 valence electrons. The van der Waals surface area contributed by atoms with Crippen LogP contribution in [0.5, 0.6) is 0 Å². The normalized spacial score (nSPS) is 13.2. The number of alkyl halides is 3. The molecule has 3 N–H and O–H groups in total. The lowest BCUT2D eigenvalue weighted by molar-refractivity contribution is -0.136. The van der Waals surface area contributed by atoms with Crippen LogP contribution in [0, 0.1) is 6.57 Å². The zero-order valence-electron chi connectivity index (χ0n) is 19.0. The number of unbranched alkanes of at least 4 members (excludes halogenated alkanes) is 1. The molecule has 7 heteroatoms. The summed E-state index contributed by atoms with van der Waals surface area (Å²) in [5, 5.41) is 2.90. The molecular formula is C25H34F3N3O. The van der Waals surface area contributed by atoms with E-state index < -0.39 is 18.8 Å². The van der Waals surface area contributed by atoms with E-state index in [2.05, 4.69) is 10.2 Å². The van der Waals surface area contributed by atoms with Crippen LogP contribution in [-0.4, -0.2) is 18.6 Å². The molecule has 0 heterocycles. The van der Waals surface area contributed by atoms with Gasteiger partial charge in [0.1, 0.15) is 6.29 Å². The zero-order chi connectivity index (χ0) is 24.4. The van der Waals surface area contributed by atoms with Crippen molar-refractivity contribution in [3.63, 3.8) is 0 Å². The molecule has 0 aliphatic carbocycles. The van der Waals surface area contributed by atoms with Crippen molar-refractivity contribution < 1.29 is 18.0 Å². The summed E-state index contributed by atoms with van der Waals surface area (Å²) < 4.78 is 36.2. The summed E-state index contributed by atoms with van der Waals surface area (Å²) in [6.45, 7) is 12.7. The first kappa shape index (κ1) is 29.3. The number of hydrogen-bond donors (Lipinski definition) is 2. The first-order valence-corrected chi connectivity index (χ1v) is 10.6. The van der Waals surface area contributed by atoms with Gasteiger partial charge in [-0.3, -0.25) is 4.85 Å². The third-order valence-electron chi connectivity index (χ3n) is 4.33. The van der Waals surface area contributed by atoms with Crippen LogP contribution in [0.2, 0.25) is 0 Å². The number of hydrogen-bond acceptors (Lipinski definition) is 3. The molecule has 0 radical (unpaired) electrons. The van der Waals surface area contributed by atoms with Crippen LogP contribution in [0.3, 0.4) is 0 Å². The molecule has 3 atom stereocenters. The number of nitrogens with zero attached hydrogens (tertiary/aromatic N) is 1. The maximum atomic E-state index is 12.1. The maximum absolute atomic E-state index is 12.1. The van der Waals surface area contributed by atoms with Gasteiger partial charge in [0.05, 0.1) is 6.42 Å². The van der Waals surface area contributed by atoms with Crippen molar-refractivity contribution in [2.45, 2.75) is 70.9 Å². The lowest BCUT2D eigenvalue weighted by atomic mass is 10.1. The molecule has 0 aliphatic heterocycles. The van der Waals surface area contributed by atoms with Gasteiger partial charge in [-0.1, -0.05) is 67.6 Å². The first-order chi connectivity index (χ1) is 15.1. The number of aldehydes is 1. The van der Waals surface area contributed by atoms with Crippen LogP contribution in [0.4, 0.5) is 13.2 Å². The molecule has 0 saturated carbocycles. The molecule has 1 unspecified atom stereocenters. The number of benzene rings is 2. The Hall–Kier alpha value is -2.69. The fraction of sp³-hybridized carbons (Fsp3) is 0.440. The third-order valence-corrected chi connectivity index (χ3v) is 4.33. The average molecular weight is 450 g/mol. The molecule has 0 saturated heterocycles.